The number of aliphatic hydroxyl groups excluding tert-OH is 9. The summed E-state index contributed by atoms with van der Waals surface area (Å²) in [4.78, 5) is 74.3. The van der Waals surface area contributed by atoms with Crippen LogP contribution in [0.2, 0.25) is 0 Å². The quantitative estimate of drug-likeness (QED) is 0.122. The van der Waals surface area contributed by atoms with E-state index in [0.717, 1.165) is 0 Å². The van der Waals surface area contributed by atoms with Crippen molar-refractivity contribution in [3.8, 4) is 0 Å². The van der Waals surface area contributed by atoms with Crippen LogP contribution in [0.3, 0.4) is 0 Å². The van der Waals surface area contributed by atoms with Crippen LogP contribution in [0.25, 0.3) is 0 Å². The van der Waals surface area contributed by atoms with E-state index in [4.69, 9.17) is 8.44 Å². The first-order valence-electron chi connectivity index (χ1n) is 10.2. The van der Waals surface area contributed by atoms with E-state index < -0.39 is 128 Å². The normalized spacial score (nSPS) is 23.5. The van der Waals surface area contributed by atoms with Gasteiger partial charge in [-0.1, -0.05) is 0 Å². The second-order valence-electron chi connectivity index (χ2n) is 7.73. The van der Waals surface area contributed by atoms with Crippen molar-refractivity contribution in [3.05, 3.63) is 70.1 Å². The molecule has 3 aliphatic rings. The molecular weight excluding hydrogens is 749 g/mol. The number of ketones is 3. The molecule has 0 fully saturated rings. The number of Topliss-reactive ketones (excluding diaryl/α,β-unsaturated/α-hetero) is 3. The van der Waals surface area contributed by atoms with E-state index in [1.807, 2.05) is 0 Å². The Morgan fingerprint density at radius 2 is 0.700 bits per heavy atom. The fourth-order valence-corrected chi connectivity index (χ4v) is 6.54. The average molecular weight is 764 g/mol. The molecule has 0 aromatic rings. The van der Waals surface area contributed by atoms with Crippen LogP contribution >= 0.6 is 0 Å². The van der Waals surface area contributed by atoms with Crippen molar-refractivity contribution in [3.63, 3.8) is 0 Å². The van der Waals surface area contributed by atoms with Gasteiger partial charge in [-0.3, -0.25) is 0 Å². The van der Waals surface area contributed by atoms with Gasteiger partial charge in [-0.05, 0) is 0 Å². The maximum absolute atomic E-state index is 12.6. The first-order valence-corrected chi connectivity index (χ1v) is 14.5. The molecule has 0 aromatic carbocycles. The Morgan fingerprint density at radius 3 is 0.925 bits per heavy atom. The zero-order chi connectivity index (χ0) is 30.2. The van der Waals surface area contributed by atoms with Crippen LogP contribution < -0.4 is 0 Å². The fourth-order valence-electron chi connectivity index (χ4n) is 3.07. The topological polar surface area (TPSA) is 312 Å². The first kappa shape index (κ1) is 29.5. The summed E-state index contributed by atoms with van der Waals surface area (Å²) < 4.78 is 14.4. The molecule has 18 nitrogen and oxygen atoms in total. The minimum atomic E-state index is -5.51. The van der Waals surface area contributed by atoms with Gasteiger partial charge in [-0.2, -0.15) is 0 Å². The molecule has 212 valence electrons. The van der Waals surface area contributed by atoms with Crippen molar-refractivity contribution in [1.82, 2.24) is 0 Å². The SMILES string of the molecule is O=C([O][Bi]([O]C(=O)C1C=C(O)C(O)=C(O)C1=O)[O]C(=O)C1C=C(O)C(O)=C(O)C1=O)C1C=C(O)C(O)=C(O)C1=O. The molecule has 0 saturated carbocycles. The Bertz CT molecular complexity index is 1270. The number of rotatable bonds is 6. The number of aliphatic hydroxyl groups is 9. The summed E-state index contributed by atoms with van der Waals surface area (Å²) in [6.07, 6.45) is 1.21. The van der Waals surface area contributed by atoms with Gasteiger partial charge in [0.25, 0.3) is 0 Å². The molecule has 3 aliphatic carbocycles. The van der Waals surface area contributed by atoms with Gasteiger partial charge in [0.1, 0.15) is 0 Å². The molecule has 9 N–H and O–H groups in total. The van der Waals surface area contributed by atoms with Crippen molar-refractivity contribution in [1.29, 1.82) is 0 Å². The minimum absolute atomic E-state index is 0.402. The third-order valence-electron chi connectivity index (χ3n) is 5.18. The third-order valence-corrected chi connectivity index (χ3v) is 9.01. The number of hydrogen-bond acceptors (Lipinski definition) is 18. The maximum atomic E-state index is 12.6. The molecule has 0 spiro atoms. The second kappa shape index (κ2) is 11.0. The van der Waals surface area contributed by atoms with Crippen molar-refractivity contribution in [2.24, 2.45) is 17.8 Å². The zero-order valence-corrected chi connectivity index (χ0v) is 22.6. The summed E-state index contributed by atoms with van der Waals surface area (Å²) >= 11 is -5.51. The summed E-state index contributed by atoms with van der Waals surface area (Å²) in [5.41, 5.74) is 0. The molecule has 0 heterocycles. The number of hydrogen-bond donors (Lipinski definition) is 9. The Balaban J connectivity index is 1.89. The molecule has 19 heteroatoms. The van der Waals surface area contributed by atoms with Crippen LogP contribution in [0.1, 0.15) is 0 Å². The Morgan fingerprint density at radius 1 is 0.475 bits per heavy atom. The van der Waals surface area contributed by atoms with Gasteiger partial charge >= 0.3 is 229 Å². The molecule has 40 heavy (non-hydrogen) atoms. The van der Waals surface area contributed by atoms with Gasteiger partial charge in [-0.15, -0.1) is 0 Å². The molecule has 0 bridgehead atoms. The van der Waals surface area contributed by atoms with Crippen molar-refractivity contribution in [2.45, 2.75) is 0 Å². The average Bonchev–Trinajstić information content (AvgIpc) is 2.90. The van der Waals surface area contributed by atoms with Crippen LogP contribution in [0.4, 0.5) is 0 Å². The van der Waals surface area contributed by atoms with E-state index in [2.05, 4.69) is 0 Å². The van der Waals surface area contributed by atoms with Gasteiger partial charge in [0.2, 0.25) is 0 Å². The van der Waals surface area contributed by atoms with Crippen LogP contribution in [0.5, 0.6) is 0 Å². The number of allylic oxidation sites excluding steroid dienone is 3. The Hall–Kier alpha value is -5.06. The fraction of sp³-hybridized carbons (Fsp3) is 0.143. The van der Waals surface area contributed by atoms with Crippen LogP contribution in [-0.2, 0) is 37.2 Å². The molecule has 0 saturated heterocycles. The molecule has 3 unspecified atom stereocenters. The molecule has 3 atom stereocenters. The summed E-state index contributed by atoms with van der Waals surface area (Å²) in [7, 11) is 0. The van der Waals surface area contributed by atoms with Gasteiger partial charge in [-0.25, -0.2) is 0 Å². The monoisotopic (exact) mass is 764 g/mol. The van der Waals surface area contributed by atoms with Gasteiger partial charge in [0.15, 0.2) is 0 Å². The summed E-state index contributed by atoms with van der Waals surface area (Å²) in [5.74, 6) is -28.1. The molecule has 3 rings (SSSR count). The van der Waals surface area contributed by atoms with E-state index in [-0.39, 0.29) is 0 Å². The van der Waals surface area contributed by atoms with E-state index >= 15 is 0 Å². The third kappa shape index (κ3) is 5.39. The van der Waals surface area contributed by atoms with E-state index in [0.29, 0.717) is 18.2 Å². The number of carbonyl (C=O) groups excluding carboxylic acids is 6. The van der Waals surface area contributed by atoms with Crippen molar-refractivity contribution < 1.29 is 83.2 Å². The van der Waals surface area contributed by atoms with Crippen molar-refractivity contribution >= 4 is 58.3 Å². The van der Waals surface area contributed by atoms with Crippen LogP contribution in [0.15, 0.2) is 70.1 Å². The van der Waals surface area contributed by atoms with Gasteiger partial charge in [0.05, 0.1) is 0 Å². The predicted molar refractivity (Wildman–Crippen MR) is 119 cm³/mol. The summed E-state index contributed by atoms with van der Waals surface area (Å²) in [5, 5.41) is 85.8. The van der Waals surface area contributed by atoms with Crippen LogP contribution in [0, 0.1) is 17.8 Å². The second-order valence-corrected chi connectivity index (χ2v) is 11.6. The van der Waals surface area contributed by atoms with E-state index in [9.17, 15) is 74.7 Å². The Kier molecular flexibility index (Phi) is 8.09. The molecular formula is C21H15BiO18. The summed E-state index contributed by atoms with van der Waals surface area (Å²) in [6.45, 7) is 0. The predicted octanol–water partition coefficient (Wildman–Crippen LogP) is -0.494. The number of carbonyl (C=O) groups is 6. The molecule has 0 radical (unpaired) electrons. The molecule has 0 aromatic heterocycles. The van der Waals surface area contributed by atoms with Crippen molar-refractivity contribution in [2.75, 3.05) is 0 Å². The van der Waals surface area contributed by atoms with Gasteiger partial charge in [0, 0.05) is 0 Å². The molecule has 0 amide bonds. The summed E-state index contributed by atoms with van der Waals surface area (Å²) in [6, 6.07) is 0. The van der Waals surface area contributed by atoms with Crippen LogP contribution in [-0.4, -0.2) is 104 Å². The standard InChI is InChI=1S/3C7H6O6.Bi/c3*8-3-1-2(7(12)13)4(9)6(11)5(3)10;/h3*1-2,8,10-11H,(H,12,13);/q;;;+3/p-3. The van der Waals surface area contributed by atoms with Gasteiger partial charge < -0.3 is 0 Å². The molecule has 0 aliphatic heterocycles. The zero-order valence-electron chi connectivity index (χ0n) is 19.1. The van der Waals surface area contributed by atoms with E-state index in [1.54, 1.807) is 0 Å². The van der Waals surface area contributed by atoms with E-state index in [1.165, 1.54) is 0 Å². The Labute approximate surface area is 229 Å². The first-order chi connectivity index (χ1) is 18.6.